The monoisotopic (exact) mass is 373 g/mol. The molecule has 2 N–H and O–H groups in total. The van der Waals surface area contributed by atoms with Gasteiger partial charge in [-0.25, -0.2) is 13.4 Å². The molecule has 0 aliphatic carbocycles. The highest BCUT2D eigenvalue weighted by atomic mass is 32.2. The third kappa shape index (κ3) is 5.88. The van der Waals surface area contributed by atoms with Crippen LogP contribution in [0.1, 0.15) is 29.2 Å². The van der Waals surface area contributed by atoms with E-state index in [4.69, 9.17) is 0 Å². The van der Waals surface area contributed by atoms with Crippen LogP contribution in [0.25, 0.3) is 0 Å². The second-order valence-corrected chi connectivity index (χ2v) is 8.39. The molecule has 2 aromatic rings. The molecule has 26 heavy (non-hydrogen) atoms. The first-order chi connectivity index (χ1) is 12.3. The quantitative estimate of drug-likeness (QED) is 0.603. The zero-order chi connectivity index (χ0) is 19.2. The number of aryl methyl sites for hydroxylation is 2. The second kappa shape index (κ2) is 8.85. The summed E-state index contributed by atoms with van der Waals surface area (Å²) < 4.78 is 23.4. The van der Waals surface area contributed by atoms with Crippen molar-refractivity contribution in [2.75, 3.05) is 12.8 Å². The summed E-state index contributed by atoms with van der Waals surface area (Å²) in [7, 11) is -3.19. The van der Waals surface area contributed by atoms with E-state index in [0.29, 0.717) is 18.0 Å². The van der Waals surface area contributed by atoms with Gasteiger partial charge in [0.2, 0.25) is 0 Å². The van der Waals surface area contributed by atoms with Gasteiger partial charge in [-0.1, -0.05) is 42.0 Å². The van der Waals surface area contributed by atoms with Gasteiger partial charge < -0.3 is 10.6 Å². The maximum Gasteiger partial charge on any atom is 0.191 e. The number of guanidine groups is 1. The lowest BCUT2D eigenvalue weighted by Gasteiger charge is -2.13. The fourth-order valence-electron chi connectivity index (χ4n) is 2.75. The Morgan fingerprint density at radius 2 is 1.81 bits per heavy atom. The Morgan fingerprint density at radius 3 is 2.42 bits per heavy atom. The molecule has 0 saturated carbocycles. The summed E-state index contributed by atoms with van der Waals surface area (Å²) in [6.07, 6.45) is 1.23. The summed E-state index contributed by atoms with van der Waals surface area (Å²) in [5.74, 6) is 0.735. The number of nitrogens with one attached hydrogen (secondary N) is 2. The molecule has 0 spiro atoms. The van der Waals surface area contributed by atoms with Crippen LogP contribution in [0.5, 0.6) is 0 Å². The standard InChI is InChI=1S/C20H27N3O2S/c1-5-21-20(22-13-17-8-6-7-15(2)11-17)23-14-18-9-10-19(16(3)12-18)26(4,24)25/h6-12H,5,13-14H2,1-4H3,(H2,21,22,23). The van der Waals surface area contributed by atoms with Gasteiger partial charge in [-0.05, 0) is 43.5 Å². The van der Waals surface area contributed by atoms with E-state index in [-0.39, 0.29) is 0 Å². The molecule has 0 heterocycles. The highest BCUT2D eigenvalue weighted by Crippen LogP contribution is 2.16. The fraction of sp³-hybridized carbons (Fsp3) is 0.350. The topological polar surface area (TPSA) is 70.6 Å². The Bertz CT molecular complexity index is 890. The third-order valence-corrected chi connectivity index (χ3v) is 5.20. The summed E-state index contributed by atoms with van der Waals surface area (Å²) in [6, 6.07) is 13.7. The average molecular weight is 374 g/mol. The van der Waals surface area contributed by atoms with Crippen molar-refractivity contribution in [3.05, 3.63) is 64.7 Å². The lowest BCUT2D eigenvalue weighted by atomic mass is 10.1. The van der Waals surface area contributed by atoms with Crippen molar-refractivity contribution in [3.63, 3.8) is 0 Å². The lowest BCUT2D eigenvalue weighted by molar-refractivity contribution is 0.601. The van der Waals surface area contributed by atoms with Gasteiger partial charge in [0.15, 0.2) is 15.8 Å². The fourth-order valence-corrected chi connectivity index (χ4v) is 3.70. The SMILES string of the molecule is CCNC(=NCc1cccc(C)c1)NCc1ccc(S(C)(=O)=O)c(C)c1. The molecule has 0 aliphatic heterocycles. The molecule has 2 rings (SSSR count). The smallest absolute Gasteiger partial charge is 0.191 e. The van der Waals surface area contributed by atoms with Crippen LogP contribution < -0.4 is 10.6 Å². The van der Waals surface area contributed by atoms with Gasteiger partial charge in [-0.3, -0.25) is 0 Å². The van der Waals surface area contributed by atoms with Crippen LogP contribution in [-0.4, -0.2) is 27.2 Å². The van der Waals surface area contributed by atoms with Crippen LogP contribution in [-0.2, 0) is 22.9 Å². The Balaban J connectivity index is 2.06. The summed E-state index contributed by atoms with van der Waals surface area (Å²) in [5, 5.41) is 6.53. The zero-order valence-corrected chi connectivity index (χ0v) is 16.7. The van der Waals surface area contributed by atoms with Gasteiger partial charge in [-0.15, -0.1) is 0 Å². The molecule has 0 aliphatic rings. The molecule has 0 fully saturated rings. The van der Waals surface area contributed by atoms with Crippen molar-refractivity contribution in [1.82, 2.24) is 10.6 Å². The van der Waals surface area contributed by atoms with Crippen LogP contribution >= 0.6 is 0 Å². The molecule has 0 radical (unpaired) electrons. The van der Waals surface area contributed by atoms with Gasteiger partial charge in [0.25, 0.3) is 0 Å². The first-order valence-electron chi connectivity index (χ1n) is 8.67. The molecule has 6 heteroatoms. The Labute approximate surface area is 156 Å². The van der Waals surface area contributed by atoms with E-state index in [2.05, 4.69) is 40.7 Å². The predicted octanol–water partition coefficient (Wildman–Crippen LogP) is 2.96. The van der Waals surface area contributed by atoms with E-state index in [1.165, 1.54) is 11.8 Å². The zero-order valence-electron chi connectivity index (χ0n) is 15.8. The Hall–Kier alpha value is -2.34. The summed E-state index contributed by atoms with van der Waals surface area (Å²) in [6.45, 7) is 7.85. The number of aliphatic imine (C=N–C) groups is 1. The Morgan fingerprint density at radius 1 is 1.04 bits per heavy atom. The molecule has 140 valence electrons. The molecule has 0 aromatic heterocycles. The van der Waals surface area contributed by atoms with E-state index in [1.54, 1.807) is 6.07 Å². The summed E-state index contributed by atoms with van der Waals surface area (Å²) in [4.78, 5) is 4.99. The van der Waals surface area contributed by atoms with Crippen LogP contribution in [0.4, 0.5) is 0 Å². The van der Waals surface area contributed by atoms with Crippen molar-refractivity contribution in [1.29, 1.82) is 0 Å². The molecule has 0 bridgehead atoms. The van der Waals surface area contributed by atoms with Crippen molar-refractivity contribution >= 4 is 15.8 Å². The molecular formula is C20H27N3O2S. The number of hydrogen-bond donors (Lipinski definition) is 2. The lowest BCUT2D eigenvalue weighted by Crippen LogP contribution is -2.36. The van der Waals surface area contributed by atoms with Crippen LogP contribution in [0.15, 0.2) is 52.4 Å². The predicted molar refractivity (Wildman–Crippen MR) is 107 cm³/mol. The van der Waals surface area contributed by atoms with E-state index < -0.39 is 9.84 Å². The largest absolute Gasteiger partial charge is 0.357 e. The average Bonchev–Trinajstić information content (AvgIpc) is 2.56. The van der Waals surface area contributed by atoms with Gasteiger partial charge in [0, 0.05) is 19.3 Å². The summed E-state index contributed by atoms with van der Waals surface area (Å²) in [5.41, 5.74) is 4.15. The maximum absolute atomic E-state index is 11.7. The molecule has 2 aromatic carbocycles. The molecule has 0 unspecified atom stereocenters. The van der Waals surface area contributed by atoms with Crippen LogP contribution in [0.3, 0.4) is 0 Å². The highest BCUT2D eigenvalue weighted by Gasteiger charge is 2.10. The molecule has 0 amide bonds. The molecule has 0 saturated heterocycles. The minimum Gasteiger partial charge on any atom is -0.357 e. The molecule has 5 nitrogen and oxygen atoms in total. The van der Waals surface area contributed by atoms with Gasteiger partial charge in [0.1, 0.15) is 0 Å². The van der Waals surface area contributed by atoms with Crippen LogP contribution in [0.2, 0.25) is 0 Å². The first kappa shape index (κ1) is 20.0. The first-order valence-corrected chi connectivity index (χ1v) is 10.6. The number of sulfone groups is 1. The van der Waals surface area contributed by atoms with Crippen molar-refractivity contribution in [3.8, 4) is 0 Å². The minimum atomic E-state index is -3.19. The van der Waals surface area contributed by atoms with Crippen molar-refractivity contribution in [2.45, 2.75) is 38.8 Å². The molecular weight excluding hydrogens is 346 g/mol. The number of benzene rings is 2. The van der Waals surface area contributed by atoms with Crippen molar-refractivity contribution < 1.29 is 8.42 Å². The Kier molecular flexibility index (Phi) is 6.80. The van der Waals surface area contributed by atoms with E-state index >= 15 is 0 Å². The number of rotatable bonds is 6. The highest BCUT2D eigenvalue weighted by molar-refractivity contribution is 7.90. The molecule has 0 atom stereocenters. The van der Waals surface area contributed by atoms with Gasteiger partial charge in [-0.2, -0.15) is 0 Å². The van der Waals surface area contributed by atoms with E-state index in [1.807, 2.05) is 32.0 Å². The van der Waals surface area contributed by atoms with Crippen molar-refractivity contribution in [2.24, 2.45) is 4.99 Å². The number of hydrogen-bond acceptors (Lipinski definition) is 3. The minimum absolute atomic E-state index is 0.376. The van der Waals surface area contributed by atoms with Crippen LogP contribution in [0, 0.1) is 13.8 Å². The third-order valence-electron chi connectivity index (χ3n) is 3.95. The van der Waals surface area contributed by atoms with Gasteiger partial charge >= 0.3 is 0 Å². The normalized spacial score (nSPS) is 12.1. The number of nitrogens with zero attached hydrogens (tertiary/aromatic N) is 1. The summed E-state index contributed by atoms with van der Waals surface area (Å²) >= 11 is 0. The van der Waals surface area contributed by atoms with E-state index in [9.17, 15) is 8.42 Å². The van der Waals surface area contributed by atoms with Gasteiger partial charge in [0.05, 0.1) is 11.4 Å². The second-order valence-electron chi connectivity index (χ2n) is 6.41. The maximum atomic E-state index is 11.7. The van der Waals surface area contributed by atoms with E-state index in [0.717, 1.165) is 29.2 Å².